The number of nitrogens with zero attached hydrogens (tertiary/aromatic N) is 4. The molecule has 0 aliphatic carbocycles. The Morgan fingerprint density at radius 1 is 1.45 bits per heavy atom. The van der Waals surface area contributed by atoms with E-state index in [0.717, 1.165) is 18.8 Å². The molecule has 0 saturated carbocycles. The standard InChI is InChI=1S/C11H12BrN5OS2/c1-17(2)10-14-15-11(20-10)19-8-5-6(12)3-4-7(8)9(13)16-18/h3-5,18H,1-2H3,(H2,13,16). The molecule has 9 heteroatoms. The van der Waals surface area contributed by atoms with Crippen molar-refractivity contribution >= 4 is 50.0 Å². The van der Waals surface area contributed by atoms with E-state index < -0.39 is 0 Å². The highest BCUT2D eigenvalue weighted by atomic mass is 79.9. The average molecular weight is 374 g/mol. The van der Waals surface area contributed by atoms with Crippen LogP contribution in [-0.2, 0) is 0 Å². The molecule has 0 saturated heterocycles. The molecule has 0 aliphatic rings. The van der Waals surface area contributed by atoms with E-state index in [0.29, 0.717) is 5.56 Å². The van der Waals surface area contributed by atoms with Gasteiger partial charge in [0, 0.05) is 29.0 Å². The van der Waals surface area contributed by atoms with Gasteiger partial charge in [0.1, 0.15) is 0 Å². The first-order valence-corrected chi connectivity index (χ1v) is 7.90. The summed E-state index contributed by atoms with van der Waals surface area (Å²) in [4.78, 5) is 2.74. The summed E-state index contributed by atoms with van der Waals surface area (Å²) in [5.74, 6) is 0.0670. The van der Waals surface area contributed by atoms with Gasteiger partial charge >= 0.3 is 0 Å². The minimum absolute atomic E-state index is 0.0670. The zero-order valence-corrected chi connectivity index (χ0v) is 14.0. The van der Waals surface area contributed by atoms with Crippen LogP contribution in [0.3, 0.4) is 0 Å². The Bertz CT molecular complexity index is 643. The molecule has 0 fully saturated rings. The predicted octanol–water partition coefficient (Wildman–Crippen LogP) is 2.61. The van der Waals surface area contributed by atoms with Gasteiger partial charge in [0.05, 0.1) is 0 Å². The second-order valence-electron chi connectivity index (χ2n) is 3.97. The van der Waals surface area contributed by atoms with Gasteiger partial charge in [-0.3, -0.25) is 0 Å². The maximum Gasteiger partial charge on any atom is 0.208 e. The van der Waals surface area contributed by atoms with Crippen molar-refractivity contribution in [2.24, 2.45) is 10.9 Å². The summed E-state index contributed by atoms with van der Waals surface area (Å²) in [5.41, 5.74) is 6.34. The topological polar surface area (TPSA) is 87.6 Å². The highest BCUT2D eigenvalue weighted by Gasteiger charge is 2.13. The van der Waals surface area contributed by atoms with Gasteiger partial charge in [0.2, 0.25) is 5.13 Å². The van der Waals surface area contributed by atoms with Crippen LogP contribution in [0.1, 0.15) is 5.56 Å². The minimum Gasteiger partial charge on any atom is -0.409 e. The highest BCUT2D eigenvalue weighted by molar-refractivity contribution is 9.10. The Kier molecular flexibility index (Phi) is 4.84. The summed E-state index contributed by atoms with van der Waals surface area (Å²) in [6.07, 6.45) is 0. The van der Waals surface area contributed by atoms with Gasteiger partial charge in [0.25, 0.3) is 0 Å². The fourth-order valence-electron chi connectivity index (χ4n) is 1.36. The molecule has 1 aromatic heterocycles. The van der Waals surface area contributed by atoms with Crippen molar-refractivity contribution in [3.8, 4) is 0 Å². The van der Waals surface area contributed by atoms with Gasteiger partial charge in [0.15, 0.2) is 10.2 Å². The summed E-state index contributed by atoms with van der Waals surface area (Å²) in [6, 6.07) is 5.52. The number of aromatic nitrogens is 2. The molecular weight excluding hydrogens is 362 g/mol. The quantitative estimate of drug-likeness (QED) is 0.370. The molecule has 3 N–H and O–H groups in total. The van der Waals surface area contributed by atoms with Crippen molar-refractivity contribution in [1.29, 1.82) is 0 Å². The Morgan fingerprint density at radius 3 is 2.80 bits per heavy atom. The maximum atomic E-state index is 8.83. The monoisotopic (exact) mass is 373 g/mol. The molecule has 1 aromatic carbocycles. The number of benzene rings is 1. The van der Waals surface area contributed by atoms with Crippen LogP contribution in [0.4, 0.5) is 5.13 Å². The number of nitrogens with two attached hydrogens (primary N) is 1. The van der Waals surface area contributed by atoms with E-state index in [9.17, 15) is 0 Å². The second kappa shape index (κ2) is 6.42. The number of halogens is 1. The molecule has 0 atom stereocenters. The van der Waals surface area contributed by atoms with Gasteiger partial charge in [-0.2, -0.15) is 0 Å². The predicted molar refractivity (Wildman–Crippen MR) is 85.0 cm³/mol. The van der Waals surface area contributed by atoms with Gasteiger partial charge in [-0.1, -0.05) is 44.2 Å². The lowest BCUT2D eigenvalue weighted by atomic mass is 10.2. The summed E-state index contributed by atoms with van der Waals surface area (Å²) >= 11 is 6.32. The van der Waals surface area contributed by atoms with Crippen molar-refractivity contribution in [1.82, 2.24) is 10.2 Å². The molecule has 0 radical (unpaired) electrons. The van der Waals surface area contributed by atoms with Crippen LogP contribution in [0.15, 0.2) is 37.1 Å². The van der Waals surface area contributed by atoms with Gasteiger partial charge in [-0.05, 0) is 18.2 Å². The number of rotatable bonds is 4. The van der Waals surface area contributed by atoms with Crippen LogP contribution < -0.4 is 10.6 Å². The van der Waals surface area contributed by atoms with E-state index in [4.69, 9.17) is 10.9 Å². The van der Waals surface area contributed by atoms with Crippen LogP contribution in [0.5, 0.6) is 0 Å². The number of hydrogen-bond acceptors (Lipinski definition) is 7. The Morgan fingerprint density at radius 2 is 2.20 bits per heavy atom. The molecule has 0 bridgehead atoms. The third kappa shape index (κ3) is 3.41. The zero-order chi connectivity index (χ0) is 14.7. The largest absolute Gasteiger partial charge is 0.409 e. The summed E-state index contributed by atoms with van der Waals surface area (Å²) in [5, 5.41) is 20.9. The number of oxime groups is 1. The Hall–Kier alpha value is -1.32. The van der Waals surface area contributed by atoms with Crippen molar-refractivity contribution in [3.05, 3.63) is 28.2 Å². The first kappa shape index (κ1) is 15.1. The Labute approximate surface area is 132 Å². The first-order chi connectivity index (χ1) is 9.51. The lowest BCUT2D eigenvalue weighted by Crippen LogP contribution is -2.14. The van der Waals surface area contributed by atoms with E-state index >= 15 is 0 Å². The van der Waals surface area contributed by atoms with Crippen molar-refractivity contribution in [2.45, 2.75) is 9.24 Å². The van der Waals surface area contributed by atoms with Crippen LogP contribution in [-0.4, -0.2) is 35.3 Å². The highest BCUT2D eigenvalue weighted by Crippen LogP contribution is 2.35. The van der Waals surface area contributed by atoms with Crippen LogP contribution in [0, 0.1) is 0 Å². The van der Waals surface area contributed by atoms with E-state index in [-0.39, 0.29) is 5.84 Å². The molecule has 2 rings (SSSR count). The molecule has 20 heavy (non-hydrogen) atoms. The van der Waals surface area contributed by atoms with Gasteiger partial charge < -0.3 is 15.8 Å². The van der Waals surface area contributed by atoms with E-state index in [1.54, 1.807) is 6.07 Å². The van der Waals surface area contributed by atoms with Gasteiger partial charge in [-0.25, -0.2) is 0 Å². The van der Waals surface area contributed by atoms with Crippen LogP contribution >= 0.6 is 39.0 Å². The molecule has 106 valence electrons. The summed E-state index contributed by atoms with van der Waals surface area (Å²) in [7, 11) is 3.83. The molecule has 6 nitrogen and oxygen atoms in total. The summed E-state index contributed by atoms with van der Waals surface area (Å²) in [6.45, 7) is 0. The van der Waals surface area contributed by atoms with Crippen molar-refractivity contribution in [2.75, 3.05) is 19.0 Å². The molecule has 1 heterocycles. The fourth-order valence-corrected chi connectivity index (χ4v) is 3.78. The zero-order valence-electron chi connectivity index (χ0n) is 10.7. The smallest absolute Gasteiger partial charge is 0.208 e. The number of amidine groups is 1. The number of anilines is 1. The first-order valence-electron chi connectivity index (χ1n) is 5.47. The van der Waals surface area contributed by atoms with Crippen LogP contribution in [0.2, 0.25) is 0 Å². The molecule has 0 amide bonds. The van der Waals surface area contributed by atoms with E-state index in [2.05, 4.69) is 31.3 Å². The molecule has 0 spiro atoms. The van der Waals surface area contributed by atoms with Crippen molar-refractivity contribution in [3.63, 3.8) is 0 Å². The lowest BCUT2D eigenvalue weighted by molar-refractivity contribution is 0.318. The Balaban J connectivity index is 2.34. The third-order valence-electron chi connectivity index (χ3n) is 2.30. The third-order valence-corrected chi connectivity index (χ3v) is 5.00. The normalized spacial score (nSPS) is 11.7. The molecule has 0 unspecified atom stereocenters. The fraction of sp³-hybridized carbons (Fsp3) is 0.182. The second-order valence-corrected chi connectivity index (χ2v) is 7.13. The molecule has 0 aliphatic heterocycles. The molecule has 2 aromatic rings. The molecular formula is C11H12BrN5OS2. The minimum atomic E-state index is 0.0670. The average Bonchev–Trinajstić information content (AvgIpc) is 2.87. The SMILES string of the molecule is CN(C)c1nnc(Sc2cc(Br)ccc2/C(N)=N/O)s1. The van der Waals surface area contributed by atoms with Gasteiger partial charge in [-0.15, -0.1) is 10.2 Å². The van der Waals surface area contributed by atoms with E-state index in [1.165, 1.54) is 23.1 Å². The maximum absolute atomic E-state index is 8.83. The van der Waals surface area contributed by atoms with Crippen LogP contribution in [0.25, 0.3) is 0 Å². The van der Waals surface area contributed by atoms with Crippen molar-refractivity contribution < 1.29 is 5.21 Å². The lowest BCUT2D eigenvalue weighted by Gasteiger charge is -2.06. The van der Waals surface area contributed by atoms with E-state index in [1.807, 2.05) is 31.1 Å². The summed E-state index contributed by atoms with van der Waals surface area (Å²) < 4.78 is 1.70. The number of hydrogen-bond donors (Lipinski definition) is 2.